The molecule has 0 spiro atoms. The fraction of sp³-hybridized carbons (Fsp3) is 0.467. The minimum absolute atomic E-state index is 0.218. The number of hydrogen-bond donors (Lipinski definition) is 2. The van der Waals surface area contributed by atoms with E-state index in [0.29, 0.717) is 18.4 Å². The fourth-order valence-corrected chi connectivity index (χ4v) is 3.01. The average Bonchev–Trinajstić information content (AvgIpc) is 2.75. The van der Waals surface area contributed by atoms with Crippen LogP contribution in [0.15, 0.2) is 22.7 Å². The highest BCUT2D eigenvalue weighted by atomic mass is 79.9. The first-order valence-electron chi connectivity index (χ1n) is 6.65. The molecule has 4 nitrogen and oxygen atoms in total. The number of carbonyl (C=O) groups is 2. The number of carboxylic acid groups (broad SMARTS) is 1. The number of rotatable bonds is 3. The van der Waals surface area contributed by atoms with Crippen LogP contribution in [-0.4, -0.2) is 23.0 Å². The largest absolute Gasteiger partial charge is 0.481 e. The molecule has 0 aliphatic heterocycles. The fourth-order valence-electron chi connectivity index (χ4n) is 2.63. The second-order valence-electron chi connectivity index (χ2n) is 5.60. The summed E-state index contributed by atoms with van der Waals surface area (Å²) in [4.78, 5) is 23.6. The Morgan fingerprint density at radius 2 is 2.15 bits per heavy atom. The lowest BCUT2D eigenvalue weighted by Crippen LogP contribution is -2.47. The van der Waals surface area contributed by atoms with E-state index in [-0.39, 0.29) is 11.9 Å². The zero-order valence-electron chi connectivity index (χ0n) is 11.6. The molecule has 0 bridgehead atoms. The molecule has 2 atom stereocenters. The van der Waals surface area contributed by atoms with Crippen molar-refractivity contribution >= 4 is 27.8 Å². The van der Waals surface area contributed by atoms with Crippen molar-refractivity contribution in [1.82, 2.24) is 5.32 Å². The van der Waals surface area contributed by atoms with Crippen LogP contribution < -0.4 is 5.32 Å². The summed E-state index contributed by atoms with van der Waals surface area (Å²) in [6.45, 7) is 3.66. The molecule has 1 aromatic rings. The third-order valence-corrected chi connectivity index (χ3v) is 5.04. The van der Waals surface area contributed by atoms with E-state index < -0.39 is 11.4 Å². The molecular formula is C15H18BrNO3. The molecule has 5 heteroatoms. The lowest BCUT2D eigenvalue weighted by molar-refractivity contribution is -0.148. The number of carbonyl (C=O) groups excluding carboxylic acids is 1. The molecule has 2 rings (SSSR count). The van der Waals surface area contributed by atoms with Gasteiger partial charge in [-0.3, -0.25) is 9.59 Å². The van der Waals surface area contributed by atoms with Gasteiger partial charge in [-0.2, -0.15) is 0 Å². The molecule has 1 aromatic carbocycles. The van der Waals surface area contributed by atoms with Gasteiger partial charge in [-0.25, -0.2) is 0 Å². The molecule has 0 saturated heterocycles. The number of hydrogen-bond acceptors (Lipinski definition) is 2. The standard InChI is InChI=1S/C15H18BrNO3/c1-9-5-6-10(8-11(9)16)13(18)17-12-4-3-7-15(12,2)14(19)20/h5-6,8,12H,3-4,7H2,1-2H3,(H,17,18)(H,19,20). The Balaban J connectivity index is 2.15. The molecule has 0 heterocycles. The lowest BCUT2D eigenvalue weighted by Gasteiger charge is -2.27. The number of benzene rings is 1. The van der Waals surface area contributed by atoms with Crippen LogP contribution >= 0.6 is 15.9 Å². The van der Waals surface area contributed by atoms with Gasteiger partial charge < -0.3 is 10.4 Å². The van der Waals surface area contributed by atoms with E-state index in [9.17, 15) is 14.7 Å². The Hall–Kier alpha value is -1.36. The molecule has 0 aromatic heterocycles. The summed E-state index contributed by atoms with van der Waals surface area (Å²) in [6.07, 6.45) is 2.14. The Morgan fingerprint density at radius 3 is 2.75 bits per heavy atom. The van der Waals surface area contributed by atoms with Crippen LogP contribution in [0.1, 0.15) is 42.1 Å². The second kappa shape index (κ2) is 5.56. The average molecular weight is 340 g/mol. The highest BCUT2D eigenvalue weighted by Gasteiger charge is 2.45. The third-order valence-electron chi connectivity index (χ3n) is 4.19. The molecule has 1 aliphatic carbocycles. The van der Waals surface area contributed by atoms with E-state index in [1.165, 1.54) is 0 Å². The van der Waals surface area contributed by atoms with Crippen molar-refractivity contribution in [3.63, 3.8) is 0 Å². The van der Waals surface area contributed by atoms with Crippen LogP contribution in [0.5, 0.6) is 0 Å². The molecule has 20 heavy (non-hydrogen) atoms. The molecule has 1 aliphatic rings. The maximum atomic E-state index is 12.2. The summed E-state index contributed by atoms with van der Waals surface area (Å²) in [5.41, 5.74) is 0.734. The van der Waals surface area contributed by atoms with Crippen molar-refractivity contribution in [1.29, 1.82) is 0 Å². The first-order valence-corrected chi connectivity index (χ1v) is 7.44. The number of amides is 1. The Morgan fingerprint density at radius 1 is 1.45 bits per heavy atom. The summed E-state index contributed by atoms with van der Waals surface area (Å²) in [7, 11) is 0. The topological polar surface area (TPSA) is 66.4 Å². The predicted molar refractivity (Wildman–Crippen MR) is 79.7 cm³/mol. The minimum atomic E-state index is -0.864. The highest BCUT2D eigenvalue weighted by Crippen LogP contribution is 2.38. The second-order valence-corrected chi connectivity index (χ2v) is 6.46. The minimum Gasteiger partial charge on any atom is -0.481 e. The molecule has 2 unspecified atom stereocenters. The SMILES string of the molecule is Cc1ccc(C(=O)NC2CCCC2(C)C(=O)O)cc1Br. The maximum absolute atomic E-state index is 12.2. The van der Waals surface area contributed by atoms with Crippen LogP contribution in [0.25, 0.3) is 0 Å². The summed E-state index contributed by atoms with van der Waals surface area (Å²) in [6, 6.07) is 5.07. The molecule has 0 radical (unpaired) electrons. The normalized spacial score (nSPS) is 25.4. The van der Waals surface area contributed by atoms with Gasteiger partial charge in [0.1, 0.15) is 0 Å². The van der Waals surface area contributed by atoms with Crippen molar-refractivity contribution in [2.45, 2.75) is 39.2 Å². The Labute approximate surface area is 126 Å². The predicted octanol–water partition coefficient (Wildman–Crippen LogP) is 3.13. The van der Waals surface area contributed by atoms with Crippen LogP contribution in [-0.2, 0) is 4.79 Å². The van der Waals surface area contributed by atoms with Gasteiger partial charge in [-0.15, -0.1) is 0 Å². The van der Waals surface area contributed by atoms with Gasteiger partial charge in [0.15, 0.2) is 0 Å². The molecule has 1 fully saturated rings. The van der Waals surface area contributed by atoms with E-state index in [2.05, 4.69) is 21.2 Å². The Bertz CT molecular complexity index is 558. The van der Waals surface area contributed by atoms with Gasteiger partial charge in [-0.05, 0) is 44.4 Å². The van der Waals surface area contributed by atoms with Crippen molar-refractivity contribution in [2.75, 3.05) is 0 Å². The quantitative estimate of drug-likeness (QED) is 0.888. The van der Waals surface area contributed by atoms with E-state index in [1.54, 1.807) is 19.1 Å². The van der Waals surface area contributed by atoms with Crippen molar-refractivity contribution in [3.05, 3.63) is 33.8 Å². The number of carboxylic acids is 1. The smallest absolute Gasteiger partial charge is 0.311 e. The molecule has 1 amide bonds. The number of aryl methyl sites for hydroxylation is 1. The third kappa shape index (κ3) is 2.73. The zero-order chi connectivity index (χ0) is 14.9. The molecular weight excluding hydrogens is 322 g/mol. The zero-order valence-corrected chi connectivity index (χ0v) is 13.2. The van der Waals surface area contributed by atoms with Gasteiger partial charge in [0, 0.05) is 16.1 Å². The maximum Gasteiger partial charge on any atom is 0.311 e. The van der Waals surface area contributed by atoms with Crippen LogP contribution in [0, 0.1) is 12.3 Å². The van der Waals surface area contributed by atoms with Crippen LogP contribution in [0.4, 0.5) is 0 Å². The van der Waals surface area contributed by atoms with E-state index in [0.717, 1.165) is 16.5 Å². The number of nitrogens with one attached hydrogen (secondary N) is 1. The number of aliphatic carboxylic acids is 1. The van der Waals surface area contributed by atoms with Gasteiger partial charge in [0.2, 0.25) is 0 Å². The summed E-state index contributed by atoms with van der Waals surface area (Å²) in [5.74, 6) is -1.06. The van der Waals surface area contributed by atoms with Crippen molar-refractivity contribution < 1.29 is 14.7 Å². The monoisotopic (exact) mass is 339 g/mol. The summed E-state index contributed by atoms with van der Waals surface area (Å²) < 4.78 is 0.873. The summed E-state index contributed by atoms with van der Waals surface area (Å²) >= 11 is 3.40. The Kier molecular flexibility index (Phi) is 4.18. The van der Waals surface area contributed by atoms with E-state index in [4.69, 9.17) is 0 Å². The first kappa shape index (κ1) is 15.0. The highest BCUT2D eigenvalue weighted by molar-refractivity contribution is 9.10. The van der Waals surface area contributed by atoms with Gasteiger partial charge in [0.05, 0.1) is 5.41 Å². The van der Waals surface area contributed by atoms with Crippen LogP contribution in [0.3, 0.4) is 0 Å². The van der Waals surface area contributed by atoms with E-state index in [1.807, 2.05) is 13.0 Å². The summed E-state index contributed by atoms with van der Waals surface area (Å²) in [5, 5.41) is 12.2. The van der Waals surface area contributed by atoms with Crippen molar-refractivity contribution in [3.8, 4) is 0 Å². The molecule has 108 valence electrons. The van der Waals surface area contributed by atoms with Gasteiger partial charge in [0.25, 0.3) is 5.91 Å². The molecule has 1 saturated carbocycles. The lowest BCUT2D eigenvalue weighted by atomic mass is 9.85. The molecule has 2 N–H and O–H groups in total. The van der Waals surface area contributed by atoms with Crippen LogP contribution in [0.2, 0.25) is 0 Å². The van der Waals surface area contributed by atoms with Gasteiger partial charge >= 0.3 is 5.97 Å². The van der Waals surface area contributed by atoms with Gasteiger partial charge in [-0.1, -0.05) is 28.4 Å². The first-order chi connectivity index (χ1) is 9.34. The van der Waals surface area contributed by atoms with E-state index >= 15 is 0 Å². The number of halogens is 1. The van der Waals surface area contributed by atoms with Crippen molar-refractivity contribution in [2.24, 2.45) is 5.41 Å².